The first-order valence-corrected chi connectivity index (χ1v) is 6.22. The summed E-state index contributed by atoms with van der Waals surface area (Å²) in [5, 5.41) is 8.77. The van der Waals surface area contributed by atoms with Gasteiger partial charge >= 0.3 is 5.97 Å². The number of nitrogens with two attached hydrogens (primary N) is 1. The van der Waals surface area contributed by atoms with Crippen molar-refractivity contribution in [2.75, 3.05) is 0 Å². The molecule has 5 heteroatoms. The van der Waals surface area contributed by atoms with Gasteiger partial charge in [-0.3, -0.25) is 9.59 Å². The van der Waals surface area contributed by atoms with E-state index in [9.17, 15) is 9.59 Å². The number of carboxylic acids is 1. The number of carboxylic acid groups (broad SMARTS) is 1. The van der Waals surface area contributed by atoms with Crippen molar-refractivity contribution in [3.05, 3.63) is 58.5 Å². The number of carbonyl (C=O) groups is 1. The van der Waals surface area contributed by atoms with Gasteiger partial charge in [0.1, 0.15) is 6.04 Å². The Morgan fingerprint density at radius 2 is 1.95 bits per heavy atom. The highest BCUT2D eigenvalue weighted by Gasteiger charge is 2.12. The molecule has 1 aromatic heterocycles. The molecule has 0 radical (unpaired) electrons. The molecule has 1 heterocycles. The number of aryl methyl sites for hydroxylation is 1. The Morgan fingerprint density at radius 3 is 2.55 bits per heavy atom. The van der Waals surface area contributed by atoms with E-state index in [2.05, 4.69) is 0 Å². The minimum atomic E-state index is -1.02. The Balaban J connectivity index is 2.26. The van der Waals surface area contributed by atoms with E-state index in [0.29, 0.717) is 5.56 Å². The van der Waals surface area contributed by atoms with Crippen LogP contribution in [0.3, 0.4) is 0 Å². The number of nitrogens with zero attached hydrogens (tertiary/aromatic N) is 1. The number of hydrogen-bond acceptors (Lipinski definition) is 3. The van der Waals surface area contributed by atoms with Gasteiger partial charge in [-0.15, -0.1) is 0 Å². The van der Waals surface area contributed by atoms with Crippen LogP contribution in [0, 0.1) is 0 Å². The molecule has 1 aromatic carbocycles. The third-order valence-electron chi connectivity index (χ3n) is 3.16. The van der Waals surface area contributed by atoms with E-state index < -0.39 is 12.0 Å². The van der Waals surface area contributed by atoms with Gasteiger partial charge in [0.15, 0.2) is 0 Å². The summed E-state index contributed by atoms with van der Waals surface area (Å²) < 4.78 is 1.52. The fourth-order valence-corrected chi connectivity index (χ4v) is 1.98. The van der Waals surface area contributed by atoms with Gasteiger partial charge in [-0.2, -0.15) is 0 Å². The number of rotatable bonds is 4. The van der Waals surface area contributed by atoms with Crippen LogP contribution in [0.2, 0.25) is 0 Å². The Kier molecular flexibility index (Phi) is 4.00. The van der Waals surface area contributed by atoms with Crippen molar-refractivity contribution in [3.63, 3.8) is 0 Å². The zero-order chi connectivity index (χ0) is 14.7. The Hall–Kier alpha value is -2.40. The van der Waals surface area contributed by atoms with Crippen molar-refractivity contribution in [3.8, 4) is 11.1 Å². The summed E-state index contributed by atoms with van der Waals surface area (Å²) in [5.41, 5.74) is 7.67. The second kappa shape index (κ2) is 5.71. The van der Waals surface area contributed by atoms with E-state index in [0.717, 1.165) is 11.1 Å². The van der Waals surface area contributed by atoms with E-state index in [4.69, 9.17) is 10.8 Å². The SMILES string of the molecule is Cn1cccc(-c2ccc(CC(N)C(=O)O)cc2)c1=O. The van der Waals surface area contributed by atoms with Crippen molar-refractivity contribution in [2.45, 2.75) is 12.5 Å². The molecule has 0 spiro atoms. The van der Waals surface area contributed by atoms with E-state index in [1.807, 2.05) is 6.07 Å². The number of aromatic nitrogens is 1. The molecule has 0 saturated carbocycles. The average Bonchev–Trinajstić information content (AvgIpc) is 2.43. The predicted molar refractivity (Wildman–Crippen MR) is 76.4 cm³/mol. The fourth-order valence-electron chi connectivity index (χ4n) is 1.98. The lowest BCUT2D eigenvalue weighted by molar-refractivity contribution is -0.138. The molecule has 0 aliphatic rings. The first-order chi connectivity index (χ1) is 9.49. The average molecular weight is 272 g/mol. The molecule has 3 N–H and O–H groups in total. The third kappa shape index (κ3) is 2.95. The summed E-state index contributed by atoms with van der Waals surface area (Å²) >= 11 is 0. The maximum absolute atomic E-state index is 12.0. The molecule has 104 valence electrons. The van der Waals surface area contributed by atoms with Crippen LogP contribution in [0.25, 0.3) is 11.1 Å². The number of hydrogen-bond donors (Lipinski definition) is 2. The number of pyridine rings is 1. The van der Waals surface area contributed by atoms with Crippen LogP contribution in [0.4, 0.5) is 0 Å². The zero-order valence-electron chi connectivity index (χ0n) is 11.1. The lowest BCUT2D eigenvalue weighted by atomic mass is 10.0. The predicted octanol–water partition coefficient (Wildman–Crippen LogP) is 1.01. The van der Waals surface area contributed by atoms with Gasteiger partial charge in [-0.25, -0.2) is 0 Å². The molecule has 1 unspecified atom stereocenters. The molecule has 0 amide bonds. The summed E-state index contributed by atoms with van der Waals surface area (Å²) in [6.45, 7) is 0. The lowest BCUT2D eigenvalue weighted by Gasteiger charge is -2.08. The van der Waals surface area contributed by atoms with Crippen LogP contribution >= 0.6 is 0 Å². The van der Waals surface area contributed by atoms with Crippen LogP contribution in [-0.2, 0) is 18.3 Å². The second-order valence-corrected chi connectivity index (χ2v) is 4.68. The molecule has 0 fully saturated rings. The highest BCUT2D eigenvalue weighted by molar-refractivity contribution is 5.73. The first-order valence-electron chi connectivity index (χ1n) is 6.22. The maximum atomic E-state index is 12.0. The molecular formula is C15H16N2O3. The highest BCUT2D eigenvalue weighted by atomic mass is 16.4. The summed E-state index contributed by atoms with van der Waals surface area (Å²) in [5.74, 6) is -1.02. The van der Waals surface area contributed by atoms with E-state index in [1.54, 1.807) is 43.6 Å². The van der Waals surface area contributed by atoms with E-state index in [-0.39, 0.29) is 12.0 Å². The lowest BCUT2D eigenvalue weighted by Crippen LogP contribution is -2.32. The second-order valence-electron chi connectivity index (χ2n) is 4.68. The minimum absolute atomic E-state index is 0.0671. The van der Waals surface area contributed by atoms with Gasteiger partial charge in [0.2, 0.25) is 0 Å². The van der Waals surface area contributed by atoms with Crippen molar-refractivity contribution in [2.24, 2.45) is 12.8 Å². The maximum Gasteiger partial charge on any atom is 0.320 e. The minimum Gasteiger partial charge on any atom is -0.480 e. The van der Waals surface area contributed by atoms with Gasteiger partial charge in [-0.05, 0) is 29.7 Å². The Morgan fingerprint density at radius 1 is 1.30 bits per heavy atom. The summed E-state index contributed by atoms with van der Waals surface area (Å²) in [6.07, 6.45) is 1.97. The Labute approximate surface area is 116 Å². The summed E-state index contributed by atoms with van der Waals surface area (Å²) in [7, 11) is 1.70. The molecule has 2 aromatic rings. The van der Waals surface area contributed by atoms with Crippen LogP contribution in [0.5, 0.6) is 0 Å². The first kappa shape index (κ1) is 14.0. The molecule has 0 aliphatic carbocycles. The van der Waals surface area contributed by atoms with Crippen LogP contribution < -0.4 is 11.3 Å². The fraction of sp³-hybridized carbons (Fsp3) is 0.200. The smallest absolute Gasteiger partial charge is 0.320 e. The van der Waals surface area contributed by atoms with Gasteiger partial charge in [0.25, 0.3) is 5.56 Å². The standard InChI is InChI=1S/C15H16N2O3/c1-17-8-2-3-12(14(17)18)11-6-4-10(5-7-11)9-13(16)15(19)20/h2-8,13H,9,16H2,1H3,(H,19,20). The molecule has 2 rings (SSSR count). The van der Waals surface area contributed by atoms with Gasteiger partial charge in [-0.1, -0.05) is 24.3 Å². The van der Waals surface area contributed by atoms with Crippen LogP contribution in [-0.4, -0.2) is 21.7 Å². The largest absolute Gasteiger partial charge is 0.480 e. The summed E-state index contributed by atoms with van der Waals surface area (Å²) in [4.78, 5) is 22.7. The van der Waals surface area contributed by atoms with Crippen molar-refractivity contribution in [1.82, 2.24) is 4.57 Å². The van der Waals surface area contributed by atoms with Crippen LogP contribution in [0.15, 0.2) is 47.4 Å². The monoisotopic (exact) mass is 272 g/mol. The van der Waals surface area contributed by atoms with E-state index >= 15 is 0 Å². The van der Waals surface area contributed by atoms with Crippen molar-refractivity contribution in [1.29, 1.82) is 0 Å². The van der Waals surface area contributed by atoms with Crippen LogP contribution in [0.1, 0.15) is 5.56 Å². The van der Waals surface area contributed by atoms with Crippen molar-refractivity contribution >= 4 is 5.97 Å². The molecular weight excluding hydrogens is 256 g/mol. The van der Waals surface area contributed by atoms with Gasteiger partial charge in [0.05, 0.1) is 0 Å². The zero-order valence-corrected chi connectivity index (χ0v) is 11.1. The molecule has 0 saturated heterocycles. The third-order valence-corrected chi connectivity index (χ3v) is 3.16. The molecule has 20 heavy (non-hydrogen) atoms. The molecule has 1 atom stereocenters. The van der Waals surface area contributed by atoms with Gasteiger partial charge < -0.3 is 15.4 Å². The topological polar surface area (TPSA) is 85.3 Å². The number of aliphatic carboxylic acids is 1. The quantitative estimate of drug-likeness (QED) is 0.869. The molecule has 5 nitrogen and oxygen atoms in total. The Bertz CT molecular complexity index is 674. The number of benzene rings is 1. The normalized spacial score (nSPS) is 12.1. The molecule has 0 aliphatic heterocycles. The summed E-state index contributed by atoms with van der Waals surface area (Å²) in [6, 6.07) is 9.87. The highest BCUT2D eigenvalue weighted by Crippen LogP contribution is 2.16. The van der Waals surface area contributed by atoms with E-state index in [1.165, 1.54) is 4.57 Å². The molecule has 0 bridgehead atoms. The van der Waals surface area contributed by atoms with Crippen molar-refractivity contribution < 1.29 is 9.90 Å². The van der Waals surface area contributed by atoms with Gasteiger partial charge in [0, 0.05) is 18.8 Å².